The van der Waals surface area contributed by atoms with Crippen LogP contribution in [0, 0.1) is 12.3 Å². The van der Waals surface area contributed by atoms with Gasteiger partial charge in [0.2, 0.25) is 5.91 Å². The van der Waals surface area contributed by atoms with Gasteiger partial charge in [-0.25, -0.2) is 4.79 Å². The van der Waals surface area contributed by atoms with Crippen molar-refractivity contribution in [3.63, 3.8) is 0 Å². The van der Waals surface area contributed by atoms with Crippen molar-refractivity contribution in [2.24, 2.45) is 0 Å². The molecule has 0 aromatic heterocycles. The van der Waals surface area contributed by atoms with E-state index in [-0.39, 0.29) is 12.5 Å². The molecule has 0 aromatic carbocycles. The van der Waals surface area contributed by atoms with Gasteiger partial charge in [0.25, 0.3) is 0 Å². The molecule has 0 radical (unpaired) electrons. The van der Waals surface area contributed by atoms with E-state index < -0.39 is 24.6 Å². The Hall–Kier alpha value is -2.23. The van der Waals surface area contributed by atoms with Crippen molar-refractivity contribution in [2.75, 3.05) is 26.7 Å². The number of likely N-dealkylation sites (tertiary alicyclic amines) is 1. The van der Waals surface area contributed by atoms with E-state index in [9.17, 15) is 14.4 Å². The van der Waals surface area contributed by atoms with Gasteiger partial charge < -0.3 is 20.2 Å². The first-order valence-electron chi connectivity index (χ1n) is 5.41. The second-order valence-corrected chi connectivity index (χ2v) is 4.00. The Morgan fingerprint density at radius 3 is 2.78 bits per heavy atom. The van der Waals surface area contributed by atoms with Gasteiger partial charge in [0, 0.05) is 13.6 Å². The zero-order chi connectivity index (χ0) is 13.7. The lowest BCUT2D eigenvalue weighted by atomic mass is 10.2. The lowest BCUT2D eigenvalue weighted by Crippen LogP contribution is -2.49. The van der Waals surface area contributed by atoms with Gasteiger partial charge in [-0.2, -0.15) is 0 Å². The third-order valence-electron chi connectivity index (χ3n) is 2.62. The number of terminal acetylenes is 1. The van der Waals surface area contributed by atoms with E-state index in [1.54, 1.807) is 7.05 Å². The summed E-state index contributed by atoms with van der Waals surface area (Å²) in [7, 11) is 1.64. The lowest BCUT2D eigenvalue weighted by molar-refractivity contribution is -0.137. The molecular formula is C11H15N3O4. The zero-order valence-corrected chi connectivity index (χ0v) is 10.0. The van der Waals surface area contributed by atoms with Crippen molar-refractivity contribution >= 4 is 17.9 Å². The molecule has 1 rings (SSSR count). The van der Waals surface area contributed by atoms with Gasteiger partial charge in [0.15, 0.2) is 0 Å². The Morgan fingerprint density at radius 1 is 1.67 bits per heavy atom. The van der Waals surface area contributed by atoms with Crippen molar-refractivity contribution in [1.82, 2.24) is 15.1 Å². The summed E-state index contributed by atoms with van der Waals surface area (Å²) < 4.78 is 0. The number of hydrogen-bond donors (Lipinski definition) is 2. The van der Waals surface area contributed by atoms with Gasteiger partial charge in [-0.3, -0.25) is 9.59 Å². The zero-order valence-electron chi connectivity index (χ0n) is 10.0. The first-order chi connectivity index (χ1) is 8.45. The van der Waals surface area contributed by atoms with E-state index in [0.717, 1.165) is 4.90 Å². The molecule has 0 aliphatic carbocycles. The van der Waals surface area contributed by atoms with Crippen LogP contribution in [0.25, 0.3) is 0 Å². The summed E-state index contributed by atoms with van der Waals surface area (Å²) in [6.07, 6.45) is 5.57. The molecule has 0 aromatic rings. The maximum atomic E-state index is 11.8. The number of rotatable bonds is 4. The summed E-state index contributed by atoms with van der Waals surface area (Å²) in [6, 6.07) is -1.24. The number of nitrogens with zero attached hydrogens (tertiary/aromatic N) is 2. The quantitative estimate of drug-likeness (QED) is 0.625. The standard InChI is InChI=1S/C11H15N3O4/c1-3-5-14(7-9(15)16)11(18)12-8-4-6-13(2)10(8)17/h1,8H,4-7H2,2H3,(H,12,18)(H,15,16). The third-order valence-corrected chi connectivity index (χ3v) is 2.62. The second-order valence-electron chi connectivity index (χ2n) is 4.00. The number of hydrogen-bond acceptors (Lipinski definition) is 3. The highest BCUT2D eigenvalue weighted by molar-refractivity contribution is 5.89. The molecule has 0 spiro atoms. The average molecular weight is 253 g/mol. The van der Waals surface area contributed by atoms with Crippen LogP contribution in [0.1, 0.15) is 6.42 Å². The number of urea groups is 1. The second kappa shape index (κ2) is 5.91. The SMILES string of the molecule is C#CCN(CC(=O)O)C(=O)NC1CCN(C)C1=O. The number of likely N-dealkylation sites (N-methyl/N-ethyl adjacent to an activating group) is 1. The fraction of sp³-hybridized carbons (Fsp3) is 0.545. The largest absolute Gasteiger partial charge is 0.480 e. The number of carboxylic acids is 1. The van der Waals surface area contributed by atoms with Gasteiger partial charge in [0.1, 0.15) is 12.6 Å². The first-order valence-corrected chi connectivity index (χ1v) is 5.41. The number of nitrogens with one attached hydrogen (secondary N) is 1. The Labute approximate surface area is 105 Å². The number of aliphatic carboxylic acids is 1. The molecule has 0 saturated carbocycles. The minimum Gasteiger partial charge on any atom is -0.480 e. The highest BCUT2D eigenvalue weighted by Crippen LogP contribution is 2.08. The molecule has 1 atom stereocenters. The summed E-state index contributed by atoms with van der Waals surface area (Å²) in [4.78, 5) is 36.4. The Kier molecular flexibility index (Phi) is 4.54. The maximum absolute atomic E-state index is 11.8. The molecule has 7 heteroatoms. The van der Waals surface area contributed by atoms with Crippen LogP contribution in [0.3, 0.4) is 0 Å². The van der Waals surface area contributed by atoms with Gasteiger partial charge >= 0.3 is 12.0 Å². The fourth-order valence-corrected chi connectivity index (χ4v) is 1.67. The van der Waals surface area contributed by atoms with Crippen LogP contribution in [0.5, 0.6) is 0 Å². The third kappa shape index (κ3) is 3.38. The van der Waals surface area contributed by atoms with Crippen molar-refractivity contribution in [2.45, 2.75) is 12.5 Å². The van der Waals surface area contributed by atoms with Crippen LogP contribution in [0.2, 0.25) is 0 Å². The highest BCUT2D eigenvalue weighted by atomic mass is 16.4. The van der Waals surface area contributed by atoms with Crippen LogP contribution in [0.15, 0.2) is 0 Å². The Balaban J connectivity index is 2.59. The van der Waals surface area contributed by atoms with E-state index in [0.29, 0.717) is 13.0 Å². The summed E-state index contributed by atoms with van der Waals surface area (Å²) >= 11 is 0. The van der Waals surface area contributed by atoms with Crippen LogP contribution in [-0.2, 0) is 9.59 Å². The predicted octanol–water partition coefficient (Wildman–Crippen LogP) is -1.05. The molecule has 1 unspecified atom stereocenters. The number of carboxylic acid groups (broad SMARTS) is 1. The number of carbonyl (C=O) groups is 3. The lowest BCUT2D eigenvalue weighted by Gasteiger charge is -2.20. The van der Waals surface area contributed by atoms with Crippen molar-refractivity contribution in [3.8, 4) is 12.3 Å². The maximum Gasteiger partial charge on any atom is 0.323 e. The van der Waals surface area contributed by atoms with E-state index in [4.69, 9.17) is 11.5 Å². The molecule has 1 heterocycles. The van der Waals surface area contributed by atoms with Gasteiger partial charge in [-0.1, -0.05) is 5.92 Å². The Morgan fingerprint density at radius 2 is 2.33 bits per heavy atom. The van der Waals surface area contributed by atoms with Crippen LogP contribution in [0.4, 0.5) is 4.79 Å². The molecule has 1 aliphatic heterocycles. The molecule has 1 fully saturated rings. The first kappa shape index (κ1) is 13.8. The van der Waals surface area contributed by atoms with Crippen molar-refractivity contribution in [3.05, 3.63) is 0 Å². The topological polar surface area (TPSA) is 89.9 Å². The molecule has 98 valence electrons. The fourth-order valence-electron chi connectivity index (χ4n) is 1.67. The van der Waals surface area contributed by atoms with Crippen molar-refractivity contribution < 1.29 is 19.5 Å². The van der Waals surface area contributed by atoms with Crippen LogP contribution >= 0.6 is 0 Å². The Bertz CT molecular complexity index is 402. The average Bonchev–Trinajstić information content (AvgIpc) is 2.60. The molecule has 1 aliphatic rings. The van der Waals surface area contributed by atoms with E-state index in [1.807, 2.05) is 0 Å². The summed E-state index contributed by atoms with van der Waals surface area (Å²) in [5.74, 6) is 0.867. The summed E-state index contributed by atoms with van der Waals surface area (Å²) in [5.41, 5.74) is 0. The monoisotopic (exact) mass is 253 g/mol. The van der Waals surface area contributed by atoms with Crippen molar-refractivity contribution in [1.29, 1.82) is 0 Å². The normalized spacial score (nSPS) is 18.3. The van der Waals surface area contributed by atoms with Crippen LogP contribution in [-0.4, -0.2) is 65.5 Å². The number of amides is 3. The van der Waals surface area contributed by atoms with Gasteiger partial charge in [0.05, 0.1) is 6.54 Å². The molecule has 2 N–H and O–H groups in total. The van der Waals surface area contributed by atoms with E-state index in [2.05, 4.69) is 11.2 Å². The van der Waals surface area contributed by atoms with Gasteiger partial charge in [-0.05, 0) is 6.42 Å². The highest BCUT2D eigenvalue weighted by Gasteiger charge is 2.31. The molecule has 3 amide bonds. The smallest absolute Gasteiger partial charge is 0.323 e. The molecular weight excluding hydrogens is 238 g/mol. The molecule has 0 bridgehead atoms. The number of carbonyl (C=O) groups excluding carboxylic acids is 2. The predicted molar refractivity (Wildman–Crippen MR) is 62.6 cm³/mol. The molecule has 1 saturated heterocycles. The molecule has 18 heavy (non-hydrogen) atoms. The van der Waals surface area contributed by atoms with Gasteiger partial charge in [-0.15, -0.1) is 6.42 Å². The summed E-state index contributed by atoms with van der Waals surface area (Å²) in [6.45, 7) is -0.0421. The van der Waals surface area contributed by atoms with E-state index in [1.165, 1.54) is 4.90 Å². The van der Waals surface area contributed by atoms with Crippen LogP contribution < -0.4 is 5.32 Å². The summed E-state index contributed by atoms with van der Waals surface area (Å²) in [5, 5.41) is 11.1. The minimum absolute atomic E-state index is 0.116. The van der Waals surface area contributed by atoms with E-state index >= 15 is 0 Å². The molecule has 7 nitrogen and oxygen atoms in total. The minimum atomic E-state index is -1.16.